The van der Waals surface area contributed by atoms with Crippen molar-refractivity contribution in [3.05, 3.63) is 65.5 Å². The normalized spacial score (nSPS) is 10.2. The highest BCUT2D eigenvalue weighted by Gasteiger charge is 2.19. The van der Waals surface area contributed by atoms with E-state index in [4.69, 9.17) is 0 Å². The minimum Gasteiger partial charge on any atom is -0.469 e. The SMILES string of the molecule is COC(=O)CCN(Cc1ccncc1)C(=O)c1ccccc1C. The van der Waals surface area contributed by atoms with Crippen LogP contribution in [0.15, 0.2) is 48.8 Å². The summed E-state index contributed by atoms with van der Waals surface area (Å²) in [6, 6.07) is 11.2. The molecule has 0 aliphatic heterocycles. The summed E-state index contributed by atoms with van der Waals surface area (Å²) in [5.41, 5.74) is 2.52. The van der Waals surface area contributed by atoms with E-state index in [0.717, 1.165) is 11.1 Å². The summed E-state index contributed by atoms with van der Waals surface area (Å²) < 4.78 is 4.67. The Morgan fingerprint density at radius 1 is 1.13 bits per heavy atom. The van der Waals surface area contributed by atoms with Gasteiger partial charge >= 0.3 is 5.97 Å². The average Bonchev–Trinajstić information content (AvgIpc) is 2.59. The number of carbonyl (C=O) groups excluding carboxylic acids is 2. The van der Waals surface area contributed by atoms with Crippen molar-refractivity contribution in [1.29, 1.82) is 0 Å². The first-order valence-corrected chi connectivity index (χ1v) is 7.42. The molecule has 5 heteroatoms. The molecule has 5 nitrogen and oxygen atoms in total. The van der Waals surface area contributed by atoms with Gasteiger partial charge in [0.1, 0.15) is 0 Å². The quantitative estimate of drug-likeness (QED) is 0.769. The predicted octanol–water partition coefficient (Wildman–Crippen LogP) is 2.60. The summed E-state index contributed by atoms with van der Waals surface area (Å²) in [5.74, 6) is -0.425. The summed E-state index contributed by atoms with van der Waals surface area (Å²) >= 11 is 0. The van der Waals surface area contributed by atoms with E-state index in [1.54, 1.807) is 23.4 Å². The van der Waals surface area contributed by atoms with Gasteiger partial charge in [-0.3, -0.25) is 14.6 Å². The Kier molecular flexibility index (Phi) is 5.86. The van der Waals surface area contributed by atoms with Crippen LogP contribution in [0, 0.1) is 6.92 Å². The number of rotatable bonds is 6. The highest BCUT2D eigenvalue weighted by Crippen LogP contribution is 2.14. The van der Waals surface area contributed by atoms with Gasteiger partial charge in [-0.1, -0.05) is 18.2 Å². The lowest BCUT2D eigenvalue weighted by Crippen LogP contribution is -2.33. The van der Waals surface area contributed by atoms with Crippen molar-refractivity contribution in [2.75, 3.05) is 13.7 Å². The zero-order valence-corrected chi connectivity index (χ0v) is 13.4. The number of pyridine rings is 1. The summed E-state index contributed by atoms with van der Waals surface area (Å²) in [6.45, 7) is 2.63. The lowest BCUT2D eigenvalue weighted by molar-refractivity contribution is -0.140. The maximum Gasteiger partial charge on any atom is 0.307 e. The van der Waals surface area contributed by atoms with Gasteiger partial charge < -0.3 is 9.64 Å². The summed E-state index contributed by atoms with van der Waals surface area (Å²) in [4.78, 5) is 29.9. The van der Waals surface area contributed by atoms with Crippen molar-refractivity contribution in [3.63, 3.8) is 0 Å². The number of amides is 1. The largest absolute Gasteiger partial charge is 0.469 e. The van der Waals surface area contributed by atoms with E-state index in [1.165, 1.54) is 7.11 Å². The van der Waals surface area contributed by atoms with Crippen molar-refractivity contribution >= 4 is 11.9 Å². The molecule has 1 amide bonds. The van der Waals surface area contributed by atoms with E-state index in [2.05, 4.69) is 9.72 Å². The summed E-state index contributed by atoms with van der Waals surface area (Å²) in [6.07, 6.45) is 3.54. The van der Waals surface area contributed by atoms with Crippen molar-refractivity contribution in [1.82, 2.24) is 9.88 Å². The second-order valence-electron chi connectivity index (χ2n) is 5.22. The topological polar surface area (TPSA) is 59.5 Å². The molecular weight excluding hydrogens is 292 g/mol. The van der Waals surface area contributed by atoms with Gasteiger partial charge in [-0.2, -0.15) is 0 Å². The van der Waals surface area contributed by atoms with Gasteiger partial charge in [-0.25, -0.2) is 0 Å². The van der Waals surface area contributed by atoms with Crippen molar-refractivity contribution in [2.24, 2.45) is 0 Å². The van der Waals surface area contributed by atoms with E-state index in [9.17, 15) is 9.59 Å². The van der Waals surface area contributed by atoms with E-state index < -0.39 is 0 Å². The van der Waals surface area contributed by atoms with Gasteiger partial charge in [0.05, 0.1) is 13.5 Å². The van der Waals surface area contributed by atoms with Gasteiger partial charge in [-0.15, -0.1) is 0 Å². The number of methoxy groups -OCH3 is 1. The first-order chi connectivity index (χ1) is 11.1. The molecule has 0 radical (unpaired) electrons. The third kappa shape index (κ3) is 4.64. The van der Waals surface area contributed by atoms with E-state index in [1.807, 2.05) is 37.3 Å². The molecular formula is C18H20N2O3. The van der Waals surface area contributed by atoms with Crippen LogP contribution in [0.25, 0.3) is 0 Å². The monoisotopic (exact) mass is 312 g/mol. The van der Waals surface area contributed by atoms with Gasteiger partial charge in [-0.05, 0) is 36.2 Å². The Labute approximate surface area is 135 Å². The second-order valence-corrected chi connectivity index (χ2v) is 5.22. The fraction of sp³-hybridized carbons (Fsp3) is 0.278. The molecule has 0 saturated heterocycles. The first-order valence-electron chi connectivity index (χ1n) is 7.42. The molecule has 0 spiro atoms. The lowest BCUT2D eigenvalue weighted by atomic mass is 10.1. The van der Waals surface area contributed by atoms with Crippen LogP contribution in [0.1, 0.15) is 27.9 Å². The zero-order valence-electron chi connectivity index (χ0n) is 13.4. The van der Waals surface area contributed by atoms with Crippen LogP contribution in [0.5, 0.6) is 0 Å². The third-order valence-corrected chi connectivity index (χ3v) is 3.60. The molecule has 0 bridgehead atoms. The van der Waals surface area contributed by atoms with E-state index in [-0.39, 0.29) is 18.3 Å². The van der Waals surface area contributed by atoms with Gasteiger partial charge in [0, 0.05) is 31.0 Å². The van der Waals surface area contributed by atoms with Crippen LogP contribution in [-0.2, 0) is 16.1 Å². The second kappa shape index (κ2) is 8.08. The number of benzene rings is 1. The molecule has 120 valence electrons. The maximum atomic E-state index is 12.8. The number of esters is 1. The molecule has 1 aromatic carbocycles. The Bertz CT molecular complexity index is 671. The number of hydrogen-bond acceptors (Lipinski definition) is 4. The van der Waals surface area contributed by atoms with E-state index >= 15 is 0 Å². The zero-order chi connectivity index (χ0) is 16.7. The maximum absolute atomic E-state index is 12.8. The minimum absolute atomic E-state index is 0.0937. The minimum atomic E-state index is -0.331. The number of hydrogen-bond donors (Lipinski definition) is 0. The molecule has 2 rings (SSSR count). The number of nitrogens with zero attached hydrogens (tertiary/aromatic N) is 2. The standard InChI is InChI=1S/C18H20N2O3/c1-14-5-3-4-6-16(14)18(22)20(12-9-17(21)23-2)13-15-7-10-19-11-8-15/h3-8,10-11H,9,12-13H2,1-2H3. The molecule has 0 fully saturated rings. The Morgan fingerprint density at radius 3 is 2.48 bits per heavy atom. The van der Waals surface area contributed by atoms with Crippen LogP contribution in [-0.4, -0.2) is 35.4 Å². The molecule has 0 unspecified atom stereocenters. The predicted molar refractivity (Wildman–Crippen MR) is 86.8 cm³/mol. The van der Waals surface area contributed by atoms with Crippen molar-refractivity contribution in [2.45, 2.75) is 19.9 Å². The summed E-state index contributed by atoms with van der Waals surface area (Å²) in [5, 5.41) is 0. The van der Waals surface area contributed by atoms with E-state index in [0.29, 0.717) is 18.7 Å². The number of aryl methyl sites for hydroxylation is 1. The Morgan fingerprint density at radius 2 is 1.83 bits per heavy atom. The summed E-state index contributed by atoms with van der Waals surface area (Å²) in [7, 11) is 1.35. The Balaban J connectivity index is 2.20. The molecule has 0 aliphatic carbocycles. The molecule has 0 saturated carbocycles. The van der Waals surface area contributed by atoms with Crippen molar-refractivity contribution in [3.8, 4) is 0 Å². The highest BCUT2D eigenvalue weighted by atomic mass is 16.5. The van der Waals surface area contributed by atoms with Gasteiger partial charge in [0.15, 0.2) is 0 Å². The van der Waals surface area contributed by atoms with Crippen LogP contribution in [0.4, 0.5) is 0 Å². The average molecular weight is 312 g/mol. The Hall–Kier alpha value is -2.69. The van der Waals surface area contributed by atoms with Gasteiger partial charge in [0.25, 0.3) is 5.91 Å². The molecule has 0 aliphatic rings. The van der Waals surface area contributed by atoms with Crippen LogP contribution in [0.2, 0.25) is 0 Å². The van der Waals surface area contributed by atoms with Crippen LogP contribution in [0.3, 0.4) is 0 Å². The smallest absolute Gasteiger partial charge is 0.307 e. The van der Waals surface area contributed by atoms with Gasteiger partial charge in [0.2, 0.25) is 0 Å². The molecule has 2 aromatic rings. The fourth-order valence-electron chi connectivity index (χ4n) is 2.27. The highest BCUT2D eigenvalue weighted by molar-refractivity contribution is 5.95. The third-order valence-electron chi connectivity index (χ3n) is 3.60. The molecule has 0 atom stereocenters. The number of aromatic nitrogens is 1. The van der Waals surface area contributed by atoms with Crippen molar-refractivity contribution < 1.29 is 14.3 Å². The molecule has 1 heterocycles. The molecule has 0 N–H and O–H groups in total. The van der Waals surface area contributed by atoms with Crippen LogP contribution >= 0.6 is 0 Å². The number of carbonyl (C=O) groups is 2. The first kappa shape index (κ1) is 16.7. The van der Waals surface area contributed by atoms with Crippen LogP contribution < -0.4 is 0 Å². The lowest BCUT2D eigenvalue weighted by Gasteiger charge is -2.23. The fourth-order valence-corrected chi connectivity index (χ4v) is 2.27. The molecule has 1 aromatic heterocycles. The molecule has 23 heavy (non-hydrogen) atoms. The number of ether oxygens (including phenoxy) is 1.